The van der Waals surface area contributed by atoms with Crippen molar-refractivity contribution < 1.29 is 9.53 Å². The van der Waals surface area contributed by atoms with E-state index in [1.165, 1.54) is 0 Å². The van der Waals surface area contributed by atoms with Gasteiger partial charge in [-0.05, 0) is 31.5 Å². The average Bonchev–Trinajstić information content (AvgIpc) is 2.50. The average molecular weight is 284 g/mol. The molecule has 0 bridgehead atoms. The smallest absolute Gasteiger partial charge is 0.319 e. The lowest BCUT2D eigenvalue weighted by atomic mass is 10.1. The summed E-state index contributed by atoms with van der Waals surface area (Å²) in [4.78, 5) is 12.1. The van der Waals surface area contributed by atoms with Gasteiger partial charge in [0.25, 0.3) is 0 Å². The Morgan fingerprint density at radius 2 is 1.76 bits per heavy atom. The number of carbonyl (C=O) groups excluding carboxylic acids is 1. The first-order valence-corrected chi connectivity index (χ1v) is 7.05. The van der Waals surface area contributed by atoms with Crippen LogP contribution in [0.25, 0.3) is 0 Å². The van der Waals surface area contributed by atoms with Gasteiger partial charge in [0.1, 0.15) is 5.75 Å². The number of para-hydroxylation sites is 2. The van der Waals surface area contributed by atoms with E-state index in [4.69, 9.17) is 4.74 Å². The van der Waals surface area contributed by atoms with Gasteiger partial charge >= 0.3 is 6.03 Å². The molecule has 2 aromatic rings. The minimum absolute atomic E-state index is 0.0644. The Morgan fingerprint density at radius 3 is 2.48 bits per heavy atom. The molecule has 0 aromatic heterocycles. The van der Waals surface area contributed by atoms with Crippen molar-refractivity contribution in [2.75, 3.05) is 11.9 Å². The van der Waals surface area contributed by atoms with E-state index in [1.54, 1.807) is 0 Å². The Hall–Kier alpha value is -2.49. The second-order valence-electron chi connectivity index (χ2n) is 4.66. The van der Waals surface area contributed by atoms with Crippen molar-refractivity contribution in [2.24, 2.45) is 0 Å². The zero-order valence-corrected chi connectivity index (χ0v) is 12.3. The van der Waals surface area contributed by atoms with Gasteiger partial charge in [0.05, 0.1) is 18.3 Å². The lowest BCUT2D eigenvalue weighted by Gasteiger charge is -2.16. The van der Waals surface area contributed by atoms with E-state index < -0.39 is 0 Å². The van der Waals surface area contributed by atoms with Gasteiger partial charge in [-0.2, -0.15) is 0 Å². The van der Waals surface area contributed by atoms with E-state index in [2.05, 4.69) is 10.6 Å². The van der Waals surface area contributed by atoms with Crippen LogP contribution in [-0.2, 0) is 0 Å². The minimum Gasteiger partial charge on any atom is -0.492 e. The Balaban J connectivity index is 1.99. The third-order valence-corrected chi connectivity index (χ3v) is 3.08. The molecule has 21 heavy (non-hydrogen) atoms. The van der Waals surface area contributed by atoms with Gasteiger partial charge in [0.2, 0.25) is 0 Å². The highest BCUT2D eigenvalue weighted by Crippen LogP contribution is 2.23. The first-order valence-electron chi connectivity index (χ1n) is 7.05. The number of nitrogens with one attached hydrogen (secondary N) is 2. The van der Waals surface area contributed by atoms with E-state index in [1.807, 2.05) is 68.4 Å². The third-order valence-electron chi connectivity index (χ3n) is 3.08. The molecule has 0 aliphatic carbocycles. The van der Waals surface area contributed by atoms with E-state index in [0.29, 0.717) is 18.0 Å². The number of rotatable bonds is 5. The number of urea groups is 1. The maximum Gasteiger partial charge on any atom is 0.319 e. The van der Waals surface area contributed by atoms with Crippen LogP contribution in [0.2, 0.25) is 0 Å². The molecular formula is C17H20N2O2. The van der Waals surface area contributed by atoms with E-state index in [9.17, 15) is 4.79 Å². The van der Waals surface area contributed by atoms with Crippen LogP contribution in [-0.4, -0.2) is 12.6 Å². The molecule has 0 unspecified atom stereocenters. The second kappa shape index (κ2) is 7.33. The molecule has 2 aromatic carbocycles. The van der Waals surface area contributed by atoms with Gasteiger partial charge in [-0.3, -0.25) is 0 Å². The fourth-order valence-electron chi connectivity index (χ4n) is 2.03. The lowest BCUT2D eigenvalue weighted by Crippen LogP contribution is -2.31. The van der Waals surface area contributed by atoms with Gasteiger partial charge in [-0.15, -0.1) is 0 Å². The number of hydrogen-bond donors (Lipinski definition) is 2. The number of benzene rings is 2. The normalized spacial score (nSPS) is 11.5. The molecule has 4 nitrogen and oxygen atoms in total. The first-order chi connectivity index (χ1) is 10.2. The number of anilines is 1. The summed E-state index contributed by atoms with van der Waals surface area (Å²) in [5.74, 6) is 0.669. The van der Waals surface area contributed by atoms with Crippen molar-refractivity contribution in [2.45, 2.75) is 19.9 Å². The highest BCUT2D eigenvalue weighted by molar-refractivity contribution is 5.91. The maximum atomic E-state index is 12.1. The van der Waals surface area contributed by atoms with Crippen LogP contribution >= 0.6 is 0 Å². The minimum atomic E-state index is -0.251. The lowest BCUT2D eigenvalue weighted by molar-refractivity contribution is 0.249. The fourth-order valence-corrected chi connectivity index (χ4v) is 2.03. The van der Waals surface area contributed by atoms with Crippen molar-refractivity contribution in [3.8, 4) is 5.75 Å². The topological polar surface area (TPSA) is 50.4 Å². The Kier molecular flexibility index (Phi) is 5.21. The van der Waals surface area contributed by atoms with Gasteiger partial charge in [-0.1, -0.05) is 42.5 Å². The van der Waals surface area contributed by atoms with Crippen LogP contribution in [0, 0.1) is 0 Å². The quantitative estimate of drug-likeness (QED) is 0.873. The fraction of sp³-hybridized carbons (Fsp3) is 0.235. The van der Waals surface area contributed by atoms with Crippen LogP contribution in [0.1, 0.15) is 25.5 Å². The predicted molar refractivity (Wildman–Crippen MR) is 84.6 cm³/mol. The molecule has 2 rings (SSSR count). The first kappa shape index (κ1) is 14.9. The molecule has 1 atom stereocenters. The molecule has 4 heteroatoms. The second-order valence-corrected chi connectivity index (χ2v) is 4.66. The van der Waals surface area contributed by atoms with Crippen molar-refractivity contribution in [3.05, 3.63) is 60.2 Å². The summed E-state index contributed by atoms with van der Waals surface area (Å²) in [6.07, 6.45) is 0. The largest absolute Gasteiger partial charge is 0.492 e. The van der Waals surface area contributed by atoms with Crippen LogP contribution < -0.4 is 15.4 Å². The van der Waals surface area contributed by atoms with E-state index in [-0.39, 0.29) is 12.1 Å². The molecule has 0 aliphatic rings. The number of hydrogen-bond acceptors (Lipinski definition) is 2. The summed E-state index contributed by atoms with van der Waals surface area (Å²) in [5, 5.41) is 5.73. The number of carbonyl (C=O) groups is 1. The molecule has 0 aliphatic heterocycles. The van der Waals surface area contributed by atoms with Gasteiger partial charge in [-0.25, -0.2) is 4.79 Å². The van der Waals surface area contributed by atoms with Crippen LogP contribution in [0.3, 0.4) is 0 Å². The SMILES string of the molecule is CCOc1ccccc1NC(=O)N[C@H](C)c1ccccc1. The summed E-state index contributed by atoms with van der Waals surface area (Å²) in [5.41, 5.74) is 1.72. The Labute approximate surface area is 125 Å². The summed E-state index contributed by atoms with van der Waals surface area (Å²) in [7, 11) is 0. The van der Waals surface area contributed by atoms with Crippen molar-refractivity contribution in [1.29, 1.82) is 0 Å². The van der Waals surface area contributed by atoms with Crippen LogP contribution in [0.15, 0.2) is 54.6 Å². The molecule has 0 saturated heterocycles. The summed E-state index contributed by atoms with van der Waals surface area (Å²) in [6, 6.07) is 16.9. The summed E-state index contributed by atoms with van der Waals surface area (Å²) < 4.78 is 5.48. The molecular weight excluding hydrogens is 264 g/mol. The Morgan fingerprint density at radius 1 is 1.10 bits per heavy atom. The van der Waals surface area contributed by atoms with Crippen molar-refractivity contribution in [1.82, 2.24) is 5.32 Å². The predicted octanol–water partition coefficient (Wildman–Crippen LogP) is 3.97. The highest BCUT2D eigenvalue weighted by atomic mass is 16.5. The molecule has 2 amide bonds. The zero-order chi connectivity index (χ0) is 15.1. The van der Waals surface area contributed by atoms with Crippen molar-refractivity contribution >= 4 is 11.7 Å². The summed E-state index contributed by atoms with van der Waals surface area (Å²) >= 11 is 0. The summed E-state index contributed by atoms with van der Waals surface area (Å²) in [6.45, 7) is 4.42. The molecule has 0 heterocycles. The number of amides is 2. The molecule has 0 radical (unpaired) electrons. The molecule has 110 valence electrons. The van der Waals surface area contributed by atoms with Crippen molar-refractivity contribution in [3.63, 3.8) is 0 Å². The molecule has 0 spiro atoms. The molecule has 0 saturated carbocycles. The number of ether oxygens (including phenoxy) is 1. The Bertz CT molecular complexity index is 584. The highest BCUT2D eigenvalue weighted by Gasteiger charge is 2.11. The maximum absolute atomic E-state index is 12.1. The standard InChI is InChI=1S/C17H20N2O2/c1-3-21-16-12-8-7-11-15(16)19-17(20)18-13(2)14-9-5-4-6-10-14/h4-13H,3H2,1-2H3,(H2,18,19,20)/t13-/m1/s1. The van der Waals surface area contributed by atoms with Crippen LogP contribution in [0.4, 0.5) is 10.5 Å². The molecule has 2 N–H and O–H groups in total. The monoisotopic (exact) mass is 284 g/mol. The third kappa shape index (κ3) is 4.24. The van der Waals surface area contributed by atoms with Gasteiger partial charge < -0.3 is 15.4 Å². The van der Waals surface area contributed by atoms with Gasteiger partial charge in [0.15, 0.2) is 0 Å². The van der Waals surface area contributed by atoms with E-state index >= 15 is 0 Å². The van der Waals surface area contributed by atoms with Crippen LogP contribution in [0.5, 0.6) is 5.75 Å². The molecule has 0 fully saturated rings. The van der Waals surface area contributed by atoms with Gasteiger partial charge in [0, 0.05) is 0 Å². The van der Waals surface area contributed by atoms with E-state index in [0.717, 1.165) is 5.56 Å². The zero-order valence-electron chi connectivity index (χ0n) is 12.3.